The second-order valence-corrected chi connectivity index (χ2v) is 7.68. The fraction of sp³-hybridized carbons (Fsp3) is 0.625. The van der Waals surface area contributed by atoms with Gasteiger partial charge in [0.1, 0.15) is 35.3 Å². The second kappa shape index (κ2) is 6.61. The first-order valence-corrected chi connectivity index (χ1v) is 9.17. The van der Waals surface area contributed by atoms with Crippen LogP contribution >= 0.6 is 11.8 Å². The molecule has 1 saturated heterocycles. The maximum Gasteiger partial charge on any atom is 0.164 e. The lowest BCUT2D eigenvalue weighted by Gasteiger charge is -2.17. The van der Waals surface area contributed by atoms with Gasteiger partial charge in [-0.05, 0) is 18.9 Å². The van der Waals surface area contributed by atoms with Crippen molar-refractivity contribution in [1.82, 2.24) is 14.5 Å². The molecule has 3 N–H and O–H groups in total. The SMILES string of the molecule is OC[C@H]1O[C@@H](n2ccc3c(SC4CCCC4)ncnc32)[C@H](O)[C@@H]1O. The normalized spacial score (nSPS) is 31.3. The van der Waals surface area contributed by atoms with Crippen molar-refractivity contribution in [2.45, 2.75) is 60.5 Å². The molecule has 2 fully saturated rings. The van der Waals surface area contributed by atoms with Gasteiger partial charge in [0, 0.05) is 11.4 Å². The Labute approximate surface area is 143 Å². The summed E-state index contributed by atoms with van der Waals surface area (Å²) in [6.45, 7) is -0.342. The van der Waals surface area contributed by atoms with Crippen LogP contribution < -0.4 is 0 Å². The van der Waals surface area contributed by atoms with Gasteiger partial charge in [-0.25, -0.2) is 9.97 Å². The van der Waals surface area contributed by atoms with Gasteiger partial charge in [0.15, 0.2) is 6.23 Å². The second-order valence-electron chi connectivity index (χ2n) is 6.39. The molecule has 4 atom stereocenters. The van der Waals surface area contributed by atoms with Crippen molar-refractivity contribution in [3.05, 3.63) is 18.6 Å². The van der Waals surface area contributed by atoms with Gasteiger partial charge < -0.3 is 24.6 Å². The Morgan fingerprint density at radius 3 is 2.71 bits per heavy atom. The molecule has 2 aromatic rings. The molecule has 130 valence electrons. The van der Waals surface area contributed by atoms with E-state index in [-0.39, 0.29) is 6.61 Å². The average molecular weight is 351 g/mol. The fourth-order valence-electron chi connectivity index (χ4n) is 3.52. The predicted molar refractivity (Wildman–Crippen MR) is 88.7 cm³/mol. The van der Waals surface area contributed by atoms with E-state index in [1.165, 1.54) is 32.0 Å². The van der Waals surface area contributed by atoms with E-state index in [0.717, 1.165) is 10.4 Å². The lowest BCUT2D eigenvalue weighted by atomic mass is 10.1. The summed E-state index contributed by atoms with van der Waals surface area (Å²) in [4.78, 5) is 8.76. The Bertz CT molecular complexity index is 718. The molecular formula is C16H21N3O4S. The molecule has 8 heteroatoms. The van der Waals surface area contributed by atoms with Crippen LogP contribution in [0.15, 0.2) is 23.6 Å². The van der Waals surface area contributed by atoms with Crippen molar-refractivity contribution in [2.24, 2.45) is 0 Å². The number of aliphatic hydroxyl groups excluding tert-OH is 3. The standard InChI is InChI=1S/C16H21N3O4S/c20-7-11-12(21)13(22)16(23-11)19-6-5-10-14(19)17-8-18-15(10)24-9-3-1-2-4-9/h5-6,8-9,11-13,16,20-22H,1-4,7H2/t11-,12-,13-,16-/m1/s1. The molecule has 0 amide bonds. The quantitative estimate of drug-likeness (QED) is 0.709. The highest BCUT2D eigenvalue weighted by molar-refractivity contribution is 8.00. The third-order valence-corrected chi connectivity index (χ3v) is 6.20. The van der Waals surface area contributed by atoms with Crippen LogP contribution in [-0.4, -0.2) is 60.0 Å². The minimum atomic E-state index is -1.12. The zero-order chi connectivity index (χ0) is 16.7. The third kappa shape index (κ3) is 2.72. The molecule has 2 aromatic heterocycles. The monoisotopic (exact) mass is 351 g/mol. The smallest absolute Gasteiger partial charge is 0.164 e. The fourth-order valence-corrected chi connectivity index (χ4v) is 4.80. The Morgan fingerprint density at radius 2 is 2.00 bits per heavy atom. The van der Waals surface area contributed by atoms with E-state index in [0.29, 0.717) is 10.9 Å². The van der Waals surface area contributed by atoms with Crippen molar-refractivity contribution < 1.29 is 20.1 Å². The highest BCUT2D eigenvalue weighted by Crippen LogP contribution is 2.38. The summed E-state index contributed by atoms with van der Waals surface area (Å²) in [7, 11) is 0. The summed E-state index contributed by atoms with van der Waals surface area (Å²) in [5, 5.41) is 31.9. The molecule has 0 spiro atoms. The van der Waals surface area contributed by atoms with E-state index in [1.54, 1.807) is 22.5 Å². The Hall–Kier alpha value is -1.19. The van der Waals surface area contributed by atoms with Gasteiger partial charge in [-0.1, -0.05) is 12.8 Å². The summed E-state index contributed by atoms with van der Waals surface area (Å²) >= 11 is 1.79. The molecule has 2 aliphatic rings. The molecule has 3 heterocycles. The van der Waals surface area contributed by atoms with Crippen LogP contribution in [0.3, 0.4) is 0 Å². The Balaban J connectivity index is 1.65. The molecule has 4 rings (SSSR count). The average Bonchev–Trinajstić information content (AvgIpc) is 3.30. The summed E-state index contributed by atoms with van der Waals surface area (Å²) < 4.78 is 7.31. The van der Waals surface area contributed by atoms with E-state index in [4.69, 9.17) is 4.74 Å². The molecule has 24 heavy (non-hydrogen) atoms. The number of fused-ring (bicyclic) bond motifs is 1. The summed E-state index contributed by atoms with van der Waals surface area (Å²) in [5.74, 6) is 0. The number of aliphatic hydroxyl groups is 3. The summed E-state index contributed by atoms with van der Waals surface area (Å²) in [6.07, 6.45) is 4.49. The molecule has 0 aromatic carbocycles. The molecule has 1 saturated carbocycles. The highest BCUT2D eigenvalue weighted by atomic mass is 32.2. The number of hydrogen-bond acceptors (Lipinski definition) is 7. The number of aromatic nitrogens is 3. The Morgan fingerprint density at radius 1 is 1.21 bits per heavy atom. The zero-order valence-electron chi connectivity index (χ0n) is 13.2. The van der Waals surface area contributed by atoms with Gasteiger partial charge in [0.05, 0.1) is 12.0 Å². The lowest BCUT2D eigenvalue weighted by molar-refractivity contribution is -0.0508. The molecule has 1 aliphatic heterocycles. The lowest BCUT2D eigenvalue weighted by Crippen LogP contribution is -2.33. The van der Waals surface area contributed by atoms with Gasteiger partial charge >= 0.3 is 0 Å². The van der Waals surface area contributed by atoms with Crippen LogP contribution in [0.1, 0.15) is 31.9 Å². The van der Waals surface area contributed by atoms with Gasteiger partial charge in [-0.15, -0.1) is 11.8 Å². The van der Waals surface area contributed by atoms with E-state index in [2.05, 4.69) is 9.97 Å². The van der Waals surface area contributed by atoms with E-state index >= 15 is 0 Å². The van der Waals surface area contributed by atoms with Crippen LogP contribution in [-0.2, 0) is 4.74 Å². The van der Waals surface area contributed by atoms with Crippen LogP contribution in [0.5, 0.6) is 0 Å². The van der Waals surface area contributed by atoms with E-state index < -0.39 is 24.5 Å². The number of hydrogen-bond donors (Lipinski definition) is 3. The van der Waals surface area contributed by atoms with Crippen molar-refractivity contribution >= 4 is 22.8 Å². The van der Waals surface area contributed by atoms with Gasteiger partial charge in [-0.2, -0.15) is 0 Å². The molecule has 0 bridgehead atoms. The first kappa shape index (κ1) is 16.3. The third-order valence-electron chi connectivity index (χ3n) is 4.84. The van der Waals surface area contributed by atoms with E-state index in [9.17, 15) is 15.3 Å². The number of thioether (sulfide) groups is 1. The minimum absolute atomic E-state index is 0.342. The van der Waals surface area contributed by atoms with Crippen molar-refractivity contribution in [1.29, 1.82) is 0 Å². The van der Waals surface area contributed by atoms with Gasteiger partial charge in [-0.3, -0.25) is 0 Å². The Kier molecular flexibility index (Phi) is 4.48. The summed E-state index contributed by atoms with van der Waals surface area (Å²) in [6, 6.07) is 1.92. The molecule has 0 unspecified atom stereocenters. The first-order valence-electron chi connectivity index (χ1n) is 8.29. The van der Waals surface area contributed by atoms with Crippen LogP contribution in [0.4, 0.5) is 0 Å². The van der Waals surface area contributed by atoms with Crippen LogP contribution in [0.2, 0.25) is 0 Å². The molecular weight excluding hydrogens is 330 g/mol. The topological polar surface area (TPSA) is 101 Å². The maximum atomic E-state index is 10.2. The first-order chi connectivity index (χ1) is 11.7. The van der Waals surface area contributed by atoms with Crippen molar-refractivity contribution in [3.63, 3.8) is 0 Å². The molecule has 7 nitrogen and oxygen atoms in total. The van der Waals surface area contributed by atoms with Gasteiger partial charge in [0.2, 0.25) is 0 Å². The number of rotatable bonds is 4. The highest BCUT2D eigenvalue weighted by Gasteiger charge is 2.43. The molecule has 1 aliphatic carbocycles. The van der Waals surface area contributed by atoms with Crippen molar-refractivity contribution in [2.75, 3.05) is 6.61 Å². The zero-order valence-corrected chi connectivity index (χ0v) is 14.0. The number of nitrogens with zero attached hydrogens (tertiary/aromatic N) is 3. The summed E-state index contributed by atoms with van der Waals surface area (Å²) in [5.41, 5.74) is 0.667. The van der Waals surface area contributed by atoms with Crippen molar-refractivity contribution in [3.8, 4) is 0 Å². The van der Waals surface area contributed by atoms with E-state index in [1.807, 2.05) is 6.07 Å². The maximum absolute atomic E-state index is 10.2. The van der Waals surface area contributed by atoms with Crippen LogP contribution in [0, 0.1) is 0 Å². The number of ether oxygens (including phenoxy) is 1. The molecule has 0 radical (unpaired) electrons. The minimum Gasteiger partial charge on any atom is -0.394 e. The van der Waals surface area contributed by atoms with Gasteiger partial charge in [0.25, 0.3) is 0 Å². The van der Waals surface area contributed by atoms with Crippen LogP contribution in [0.25, 0.3) is 11.0 Å². The largest absolute Gasteiger partial charge is 0.394 e. The predicted octanol–water partition coefficient (Wildman–Crippen LogP) is 1.08.